The summed E-state index contributed by atoms with van der Waals surface area (Å²) in [5.41, 5.74) is 4.16. The van der Waals surface area contributed by atoms with Gasteiger partial charge in [0, 0.05) is 49.7 Å². The minimum Gasteiger partial charge on any atom is -0.312 e. The van der Waals surface area contributed by atoms with Crippen LogP contribution in [0.4, 0.5) is 0 Å². The molecule has 0 fully saturated rings. The van der Waals surface area contributed by atoms with Crippen molar-refractivity contribution in [2.24, 2.45) is 20.0 Å². The molecule has 0 heterocycles. The molecule has 2 rings (SSSR count). The summed E-state index contributed by atoms with van der Waals surface area (Å²) in [4.78, 5) is 16.9. The molecule has 0 saturated heterocycles. The molecule has 0 saturated carbocycles. The van der Waals surface area contributed by atoms with Crippen molar-refractivity contribution < 1.29 is 0 Å². The van der Waals surface area contributed by atoms with E-state index in [0.717, 1.165) is 48.5 Å². The van der Waals surface area contributed by atoms with Crippen molar-refractivity contribution in [2.45, 2.75) is 13.8 Å². The highest BCUT2D eigenvalue weighted by atomic mass is 14.9. The lowest BCUT2D eigenvalue weighted by Gasteiger charge is -2.07. The molecule has 0 unspecified atom stereocenters. The fraction of sp³-hybridized carbons (Fsp3) is 0.231. The number of benzene rings is 2. The Morgan fingerprint density at radius 2 is 1.06 bits per heavy atom. The quantitative estimate of drug-likeness (QED) is 0.319. The second-order valence-corrected chi connectivity index (χ2v) is 7.26. The van der Waals surface area contributed by atoms with Gasteiger partial charge < -0.3 is 10.6 Å². The second-order valence-electron chi connectivity index (χ2n) is 7.26. The lowest BCUT2D eigenvalue weighted by molar-refractivity contribution is 0.652. The van der Waals surface area contributed by atoms with Crippen molar-refractivity contribution in [3.63, 3.8) is 0 Å². The van der Waals surface area contributed by atoms with Gasteiger partial charge >= 0.3 is 0 Å². The maximum Gasteiger partial charge on any atom is 0.158 e. The Bertz CT molecular complexity index is 890. The lowest BCUT2D eigenvalue weighted by Crippen LogP contribution is -2.29. The van der Waals surface area contributed by atoms with Crippen LogP contribution in [0, 0.1) is 0 Å². The van der Waals surface area contributed by atoms with E-state index < -0.39 is 0 Å². The molecule has 0 atom stereocenters. The molecule has 0 aliphatic rings. The monoisotopic (exact) mass is 428 g/mol. The third-order valence-corrected chi connectivity index (χ3v) is 4.46. The number of nitrogens with zero attached hydrogens (tertiary/aromatic N) is 4. The zero-order chi connectivity index (χ0) is 23.0. The van der Waals surface area contributed by atoms with Crippen LogP contribution in [0.25, 0.3) is 0 Å². The molecule has 6 nitrogen and oxygen atoms in total. The highest BCUT2D eigenvalue weighted by molar-refractivity contribution is 6.02. The van der Waals surface area contributed by atoms with Gasteiger partial charge in [-0.1, -0.05) is 60.7 Å². The molecule has 32 heavy (non-hydrogen) atoms. The smallest absolute Gasteiger partial charge is 0.158 e. The Balaban J connectivity index is 1.71. The van der Waals surface area contributed by atoms with Gasteiger partial charge in [-0.3, -0.25) is 0 Å². The molecular weight excluding hydrogens is 396 g/mol. The molecular formula is C26H32N6. The number of amidine groups is 2. The van der Waals surface area contributed by atoms with Crippen LogP contribution in [0.15, 0.2) is 104 Å². The molecule has 6 heteroatoms. The molecule has 0 spiro atoms. The fourth-order valence-corrected chi connectivity index (χ4v) is 2.77. The summed E-state index contributed by atoms with van der Waals surface area (Å²) in [6.07, 6.45) is 3.67. The van der Waals surface area contributed by atoms with Crippen LogP contribution in [0.1, 0.15) is 25.0 Å². The predicted octanol–water partition coefficient (Wildman–Crippen LogP) is 4.27. The van der Waals surface area contributed by atoms with E-state index in [1.165, 1.54) is 0 Å². The van der Waals surface area contributed by atoms with Crippen molar-refractivity contribution in [3.8, 4) is 0 Å². The number of hydrogen-bond acceptors (Lipinski definition) is 4. The SMILES string of the molecule is C=N/C(=N\C=C(/C)CNCCNC/C(C)=C/N=C(\N=C)c1ccccc1)c1ccccc1. The summed E-state index contributed by atoms with van der Waals surface area (Å²) in [5.74, 6) is 1.25. The lowest BCUT2D eigenvalue weighted by atomic mass is 10.2. The van der Waals surface area contributed by atoms with Gasteiger partial charge in [-0.25, -0.2) is 20.0 Å². The summed E-state index contributed by atoms with van der Waals surface area (Å²) in [6, 6.07) is 19.7. The van der Waals surface area contributed by atoms with E-state index >= 15 is 0 Å². The van der Waals surface area contributed by atoms with E-state index in [2.05, 4.69) is 44.0 Å². The summed E-state index contributed by atoms with van der Waals surface area (Å²) in [7, 11) is 0. The van der Waals surface area contributed by atoms with Crippen LogP contribution in [-0.2, 0) is 0 Å². The molecule has 0 bridgehead atoms. The predicted molar refractivity (Wildman–Crippen MR) is 138 cm³/mol. The largest absolute Gasteiger partial charge is 0.312 e. The van der Waals surface area contributed by atoms with E-state index in [0.29, 0.717) is 11.7 Å². The van der Waals surface area contributed by atoms with Gasteiger partial charge in [-0.2, -0.15) is 0 Å². The molecule has 0 amide bonds. The highest BCUT2D eigenvalue weighted by Gasteiger charge is 1.99. The minimum absolute atomic E-state index is 0.624. The molecule has 166 valence electrons. The molecule has 2 aromatic rings. The third-order valence-electron chi connectivity index (χ3n) is 4.46. The maximum absolute atomic E-state index is 4.45. The van der Waals surface area contributed by atoms with Gasteiger partial charge in [0.15, 0.2) is 11.7 Å². The van der Waals surface area contributed by atoms with Gasteiger partial charge in [0.2, 0.25) is 0 Å². The Labute approximate surface area is 191 Å². The molecule has 0 aromatic heterocycles. The summed E-state index contributed by atoms with van der Waals surface area (Å²) < 4.78 is 0. The van der Waals surface area contributed by atoms with Gasteiger partial charge in [-0.05, 0) is 38.4 Å². The van der Waals surface area contributed by atoms with Crippen LogP contribution in [0.5, 0.6) is 0 Å². The van der Waals surface area contributed by atoms with Crippen molar-refractivity contribution in [3.05, 3.63) is 95.3 Å². The fourth-order valence-electron chi connectivity index (χ4n) is 2.77. The van der Waals surface area contributed by atoms with Gasteiger partial charge in [0.1, 0.15) is 0 Å². The van der Waals surface area contributed by atoms with Crippen molar-refractivity contribution in [2.75, 3.05) is 26.2 Å². The van der Waals surface area contributed by atoms with E-state index in [-0.39, 0.29) is 0 Å². The standard InChI is InChI=1S/C26H32N6/c1-21(19-31-25(27-3)23-11-7-5-8-12-23)17-29-15-16-30-18-22(2)20-32-26(28-4)24-13-9-6-10-14-24/h5-14,19-20,29-30H,3-4,15-18H2,1-2H3/b21-19+,22-20+,31-25-,32-26-. The van der Waals surface area contributed by atoms with Crippen LogP contribution >= 0.6 is 0 Å². The van der Waals surface area contributed by atoms with E-state index in [4.69, 9.17) is 0 Å². The second kappa shape index (κ2) is 14.5. The first kappa shape index (κ1) is 24.8. The number of rotatable bonds is 11. The molecule has 2 N–H and O–H groups in total. The number of hydrogen-bond donors (Lipinski definition) is 2. The van der Waals surface area contributed by atoms with Gasteiger partial charge in [-0.15, -0.1) is 0 Å². The average Bonchev–Trinajstić information content (AvgIpc) is 2.83. The summed E-state index contributed by atoms with van der Waals surface area (Å²) in [5, 5.41) is 6.81. The van der Waals surface area contributed by atoms with E-state index in [1.54, 1.807) is 0 Å². The average molecular weight is 429 g/mol. The van der Waals surface area contributed by atoms with E-state index in [1.807, 2.05) is 86.9 Å². The van der Waals surface area contributed by atoms with Crippen LogP contribution in [-0.4, -0.2) is 51.3 Å². The summed E-state index contributed by atoms with van der Waals surface area (Å²) >= 11 is 0. The topological polar surface area (TPSA) is 73.5 Å². The Morgan fingerprint density at radius 3 is 1.41 bits per heavy atom. The van der Waals surface area contributed by atoms with Gasteiger partial charge in [0.25, 0.3) is 0 Å². The van der Waals surface area contributed by atoms with E-state index in [9.17, 15) is 0 Å². The Hall–Kier alpha value is -3.48. The summed E-state index contributed by atoms with van der Waals surface area (Å²) in [6.45, 7) is 14.5. The number of nitrogens with one attached hydrogen (secondary N) is 2. The van der Waals surface area contributed by atoms with Gasteiger partial charge in [0.05, 0.1) is 0 Å². The van der Waals surface area contributed by atoms with Crippen LogP contribution in [0.3, 0.4) is 0 Å². The van der Waals surface area contributed by atoms with Crippen molar-refractivity contribution in [1.29, 1.82) is 0 Å². The maximum atomic E-state index is 4.45. The van der Waals surface area contributed by atoms with Crippen molar-refractivity contribution in [1.82, 2.24) is 10.6 Å². The van der Waals surface area contributed by atoms with Crippen LogP contribution in [0.2, 0.25) is 0 Å². The Kier molecular flexibility index (Phi) is 11.2. The molecule has 0 aliphatic heterocycles. The Morgan fingerprint density at radius 1 is 0.688 bits per heavy atom. The normalized spacial score (nSPS) is 13.2. The first-order valence-corrected chi connectivity index (χ1v) is 10.6. The van der Waals surface area contributed by atoms with Crippen LogP contribution < -0.4 is 10.6 Å². The van der Waals surface area contributed by atoms with Crippen molar-refractivity contribution >= 4 is 25.1 Å². The third kappa shape index (κ3) is 9.12. The molecule has 0 radical (unpaired) electrons. The first-order valence-electron chi connectivity index (χ1n) is 10.6. The highest BCUT2D eigenvalue weighted by Crippen LogP contribution is 2.04. The molecule has 0 aliphatic carbocycles. The zero-order valence-corrected chi connectivity index (χ0v) is 19.0. The molecule has 2 aromatic carbocycles. The number of aliphatic imine (C=N–C) groups is 4. The first-order chi connectivity index (χ1) is 15.6. The zero-order valence-electron chi connectivity index (χ0n) is 19.0. The minimum atomic E-state index is 0.624.